The van der Waals surface area contributed by atoms with Gasteiger partial charge in [-0.25, -0.2) is 0 Å². The normalized spacial score (nSPS) is 47.7. The van der Waals surface area contributed by atoms with Gasteiger partial charge in [0.15, 0.2) is 0 Å². The highest BCUT2D eigenvalue weighted by Crippen LogP contribution is 2.55. The molecule has 0 aromatic carbocycles. The van der Waals surface area contributed by atoms with E-state index < -0.39 is 0 Å². The average Bonchev–Trinajstić information content (AvgIpc) is 2.16. The molecule has 1 saturated heterocycles. The predicted molar refractivity (Wildman–Crippen MR) is 52.0 cm³/mol. The highest BCUT2D eigenvalue weighted by atomic mass is 32.2. The fourth-order valence-corrected chi connectivity index (χ4v) is 4.45. The molecule has 1 saturated carbocycles. The van der Waals surface area contributed by atoms with Crippen LogP contribution in [0.2, 0.25) is 0 Å². The van der Waals surface area contributed by atoms with Crippen LogP contribution in [-0.2, 0) is 0 Å². The van der Waals surface area contributed by atoms with Crippen LogP contribution < -0.4 is 0 Å². The topological polar surface area (TPSA) is 0 Å². The van der Waals surface area contributed by atoms with Gasteiger partial charge in [-0.1, -0.05) is 20.8 Å². The Labute approximate surface area is 74.1 Å². The molecule has 0 aromatic heterocycles. The smallest absolute Gasteiger partial charge is 0.0135 e. The molecular weight excluding hydrogens is 152 g/mol. The Bertz CT molecular complexity index is 162. The summed E-state index contributed by atoms with van der Waals surface area (Å²) in [5.74, 6) is 2.01. The van der Waals surface area contributed by atoms with E-state index in [-0.39, 0.29) is 0 Å². The molecule has 64 valence electrons. The first-order chi connectivity index (χ1) is 5.09. The van der Waals surface area contributed by atoms with E-state index in [1.54, 1.807) is 0 Å². The van der Waals surface area contributed by atoms with Crippen molar-refractivity contribution in [3.63, 3.8) is 0 Å². The minimum atomic E-state index is 0.593. The van der Waals surface area contributed by atoms with Crippen molar-refractivity contribution in [3.8, 4) is 0 Å². The van der Waals surface area contributed by atoms with Crippen molar-refractivity contribution in [2.45, 2.75) is 50.0 Å². The first-order valence-corrected chi connectivity index (χ1v) is 5.65. The van der Waals surface area contributed by atoms with Crippen LogP contribution in [0.3, 0.4) is 0 Å². The van der Waals surface area contributed by atoms with Crippen LogP contribution >= 0.6 is 11.8 Å². The molecule has 0 aromatic rings. The van der Waals surface area contributed by atoms with E-state index >= 15 is 0 Å². The van der Waals surface area contributed by atoms with Gasteiger partial charge in [-0.05, 0) is 31.1 Å². The molecule has 2 fully saturated rings. The molecule has 1 unspecified atom stereocenters. The van der Waals surface area contributed by atoms with Crippen molar-refractivity contribution in [3.05, 3.63) is 0 Å². The average molecular weight is 170 g/mol. The van der Waals surface area contributed by atoms with Crippen LogP contribution in [0.4, 0.5) is 0 Å². The summed E-state index contributed by atoms with van der Waals surface area (Å²) in [6.45, 7) is 7.29. The molecule has 0 N–H and O–H groups in total. The fraction of sp³-hybridized carbons (Fsp3) is 1.00. The van der Waals surface area contributed by atoms with Gasteiger partial charge in [0.05, 0.1) is 0 Å². The maximum absolute atomic E-state index is 2.43. The highest BCUT2D eigenvalue weighted by molar-refractivity contribution is 8.01. The van der Waals surface area contributed by atoms with Crippen LogP contribution in [0.5, 0.6) is 0 Å². The fourth-order valence-electron chi connectivity index (χ4n) is 2.56. The van der Waals surface area contributed by atoms with Crippen LogP contribution in [0, 0.1) is 11.8 Å². The van der Waals surface area contributed by atoms with E-state index in [0.29, 0.717) is 4.75 Å². The van der Waals surface area contributed by atoms with Gasteiger partial charge in [-0.3, -0.25) is 0 Å². The first-order valence-electron chi connectivity index (χ1n) is 4.77. The molecule has 0 spiro atoms. The third-order valence-corrected chi connectivity index (χ3v) is 5.46. The summed E-state index contributed by atoms with van der Waals surface area (Å²) in [4.78, 5) is 0. The van der Waals surface area contributed by atoms with Crippen LogP contribution in [0.1, 0.15) is 40.0 Å². The standard InChI is InChI=1S/C10H18S/c1-7-4-5-8-6-9(7)11-10(8,2)3/h7-9H,4-6H2,1-3H3/t7-,8-,9?/m1/s1. The van der Waals surface area contributed by atoms with Crippen molar-refractivity contribution >= 4 is 11.8 Å². The molecule has 2 aliphatic rings. The van der Waals surface area contributed by atoms with Gasteiger partial charge in [0, 0.05) is 10.00 Å². The second-order valence-corrected chi connectivity index (χ2v) is 6.64. The summed E-state index contributed by atoms with van der Waals surface area (Å²) in [5.41, 5.74) is 0. The number of rotatable bonds is 0. The number of hydrogen-bond donors (Lipinski definition) is 0. The Morgan fingerprint density at radius 1 is 1.27 bits per heavy atom. The van der Waals surface area contributed by atoms with Gasteiger partial charge in [-0.2, -0.15) is 11.8 Å². The molecular formula is C10H18S. The number of thioether (sulfide) groups is 1. The summed E-state index contributed by atoms with van der Waals surface area (Å²) >= 11 is 2.25. The van der Waals surface area contributed by atoms with Crippen molar-refractivity contribution < 1.29 is 0 Å². The number of fused-ring (bicyclic) bond motifs is 2. The lowest BCUT2D eigenvalue weighted by Gasteiger charge is -2.26. The van der Waals surface area contributed by atoms with E-state index in [2.05, 4.69) is 32.5 Å². The summed E-state index contributed by atoms with van der Waals surface area (Å²) in [6.07, 6.45) is 4.46. The Morgan fingerprint density at radius 3 is 2.64 bits per heavy atom. The Balaban J connectivity index is 2.16. The van der Waals surface area contributed by atoms with Gasteiger partial charge in [0.25, 0.3) is 0 Å². The van der Waals surface area contributed by atoms with Crippen LogP contribution in [0.15, 0.2) is 0 Å². The zero-order valence-corrected chi connectivity index (χ0v) is 8.58. The Hall–Kier alpha value is 0.350. The molecule has 3 atom stereocenters. The lowest BCUT2D eigenvalue weighted by Crippen LogP contribution is -2.23. The van der Waals surface area contributed by atoms with Crippen molar-refractivity contribution in [2.75, 3.05) is 0 Å². The molecule has 2 rings (SSSR count). The van der Waals surface area contributed by atoms with Gasteiger partial charge >= 0.3 is 0 Å². The molecule has 1 aliphatic carbocycles. The Kier molecular flexibility index (Phi) is 1.75. The molecule has 11 heavy (non-hydrogen) atoms. The van der Waals surface area contributed by atoms with Gasteiger partial charge in [0.1, 0.15) is 0 Å². The molecule has 1 heteroatoms. The summed E-state index contributed by atoms with van der Waals surface area (Å²) in [7, 11) is 0. The van der Waals surface area contributed by atoms with E-state index in [0.717, 1.165) is 17.1 Å². The van der Waals surface area contributed by atoms with Crippen LogP contribution in [0.25, 0.3) is 0 Å². The third-order valence-electron chi connectivity index (χ3n) is 3.56. The zero-order chi connectivity index (χ0) is 8.06. The maximum atomic E-state index is 2.43. The first kappa shape index (κ1) is 7.97. The van der Waals surface area contributed by atoms with E-state index in [1.165, 1.54) is 19.3 Å². The second-order valence-electron chi connectivity index (χ2n) is 4.75. The quantitative estimate of drug-likeness (QED) is 0.537. The monoisotopic (exact) mass is 170 g/mol. The van der Waals surface area contributed by atoms with E-state index in [9.17, 15) is 0 Å². The largest absolute Gasteiger partial charge is 0.152 e. The lowest BCUT2D eigenvalue weighted by molar-refractivity contribution is 0.290. The molecule has 0 amide bonds. The molecule has 0 radical (unpaired) electrons. The van der Waals surface area contributed by atoms with Crippen molar-refractivity contribution in [1.82, 2.24) is 0 Å². The van der Waals surface area contributed by atoms with Gasteiger partial charge in [-0.15, -0.1) is 0 Å². The van der Waals surface area contributed by atoms with Gasteiger partial charge in [0.2, 0.25) is 0 Å². The highest BCUT2D eigenvalue weighted by Gasteiger charge is 2.45. The Morgan fingerprint density at radius 2 is 2.00 bits per heavy atom. The number of hydrogen-bond acceptors (Lipinski definition) is 1. The summed E-state index contributed by atoms with van der Waals surface area (Å²) < 4.78 is 0.593. The zero-order valence-electron chi connectivity index (χ0n) is 7.76. The lowest BCUT2D eigenvalue weighted by atomic mass is 9.78. The molecule has 1 aliphatic heterocycles. The summed E-state index contributed by atoms with van der Waals surface area (Å²) in [5, 5.41) is 0.990. The maximum Gasteiger partial charge on any atom is 0.0135 e. The van der Waals surface area contributed by atoms with Gasteiger partial charge < -0.3 is 0 Å². The minimum Gasteiger partial charge on any atom is -0.152 e. The van der Waals surface area contributed by atoms with Crippen molar-refractivity contribution in [1.29, 1.82) is 0 Å². The summed E-state index contributed by atoms with van der Waals surface area (Å²) in [6, 6.07) is 0. The molecule has 0 nitrogen and oxygen atoms in total. The second kappa shape index (κ2) is 2.42. The predicted octanol–water partition coefficient (Wildman–Crippen LogP) is 3.32. The van der Waals surface area contributed by atoms with E-state index in [4.69, 9.17) is 0 Å². The third kappa shape index (κ3) is 1.22. The minimum absolute atomic E-state index is 0.593. The SMILES string of the molecule is C[C@@H]1CC[C@@H]2CC1SC2(C)C. The molecule has 1 heterocycles. The van der Waals surface area contributed by atoms with Crippen LogP contribution in [-0.4, -0.2) is 10.00 Å². The molecule has 2 bridgehead atoms. The van der Waals surface area contributed by atoms with E-state index in [1.807, 2.05) is 0 Å². The van der Waals surface area contributed by atoms with Crippen molar-refractivity contribution in [2.24, 2.45) is 11.8 Å².